The monoisotopic (exact) mass is 411 g/mol. The fraction of sp³-hybridized carbons (Fsp3) is 0.318. The lowest BCUT2D eigenvalue weighted by Gasteiger charge is -2.26. The van der Waals surface area contributed by atoms with Crippen molar-refractivity contribution in [1.82, 2.24) is 4.90 Å². The molecule has 2 aromatic rings. The molecule has 2 amide bonds. The summed E-state index contributed by atoms with van der Waals surface area (Å²) in [5.74, 6) is -0.395. The first kappa shape index (κ1) is 22.9. The summed E-state index contributed by atoms with van der Waals surface area (Å²) in [6.45, 7) is 0.637. The van der Waals surface area contributed by atoms with Crippen LogP contribution in [0.3, 0.4) is 0 Å². The van der Waals surface area contributed by atoms with Gasteiger partial charge in [0.15, 0.2) is 6.29 Å². The quantitative estimate of drug-likeness (QED) is 0.503. The van der Waals surface area contributed by atoms with Crippen LogP contribution < -0.4 is 5.32 Å². The molecule has 0 atom stereocenters. The van der Waals surface area contributed by atoms with Gasteiger partial charge in [0.05, 0.1) is 30.9 Å². The van der Waals surface area contributed by atoms with Gasteiger partial charge in [-0.25, -0.2) is 9.59 Å². The van der Waals surface area contributed by atoms with Gasteiger partial charge < -0.3 is 24.4 Å². The Morgan fingerprint density at radius 1 is 1.03 bits per heavy atom. The van der Waals surface area contributed by atoms with E-state index >= 15 is 0 Å². The molecule has 0 heterocycles. The van der Waals surface area contributed by atoms with E-state index in [2.05, 4.69) is 5.32 Å². The highest BCUT2D eigenvalue weighted by Crippen LogP contribution is 2.12. The highest BCUT2D eigenvalue weighted by molar-refractivity contribution is 5.90. The standard InChI is InChI=1S/C22H25N3O5/c1-28-20(29-2)15-25(22(27)24-19-10-6-17(14-23)7-11-19)13-12-16-4-8-18(9-5-16)21(26)30-3/h4-11,20H,12-13,15H2,1-3H3,(H,24,27). The number of hydrogen-bond acceptors (Lipinski definition) is 6. The molecule has 0 aliphatic rings. The van der Waals surface area contributed by atoms with Gasteiger partial charge in [0.1, 0.15) is 0 Å². The molecule has 0 aliphatic carbocycles. The molecular weight excluding hydrogens is 386 g/mol. The highest BCUT2D eigenvalue weighted by atomic mass is 16.7. The number of nitrogens with zero attached hydrogens (tertiary/aromatic N) is 2. The lowest BCUT2D eigenvalue weighted by atomic mass is 10.1. The van der Waals surface area contributed by atoms with Crippen molar-refractivity contribution >= 4 is 17.7 Å². The number of nitriles is 1. The van der Waals surface area contributed by atoms with Crippen LogP contribution in [0.5, 0.6) is 0 Å². The summed E-state index contributed by atoms with van der Waals surface area (Å²) in [6.07, 6.45) is 0.000905. The van der Waals surface area contributed by atoms with Crippen molar-refractivity contribution in [2.24, 2.45) is 0 Å². The number of amides is 2. The number of esters is 1. The van der Waals surface area contributed by atoms with E-state index in [9.17, 15) is 9.59 Å². The third-order valence-electron chi connectivity index (χ3n) is 4.49. The Morgan fingerprint density at radius 3 is 2.20 bits per heavy atom. The van der Waals surface area contributed by atoms with Crippen LogP contribution in [0.4, 0.5) is 10.5 Å². The van der Waals surface area contributed by atoms with Crippen LogP contribution in [0.2, 0.25) is 0 Å². The smallest absolute Gasteiger partial charge is 0.337 e. The maximum Gasteiger partial charge on any atom is 0.337 e. The molecule has 0 spiro atoms. The minimum Gasteiger partial charge on any atom is -0.465 e. The van der Waals surface area contributed by atoms with Crippen molar-refractivity contribution in [3.8, 4) is 6.07 Å². The second kappa shape index (κ2) is 11.6. The zero-order valence-electron chi connectivity index (χ0n) is 17.3. The van der Waals surface area contributed by atoms with Gasteiger partial charge in [0.25, 0.3) is 0 Å². The van der Waals surface area contributed by atoms with Crippen molar-refractivity contribution in [1.29, 1.82) is 5.26 Å². The third kappa shape index (κ3) is 6.58. The minimum atomic E-state index is -0.571. The number of ether oxygens (including phenoxy) is 3. The topological polar surface area (TPSA) is 101 Å². The Bertz CT molecular complexity index is 871. The first-order chi connectivity index (χ1) is 14.5. The fourth-order valence-electron chi connectivity index (χ4n) is 2.72. The predicted octanol–water partition coefficient (Wildman–Crippen LogP) is 3.04. The molecule has 0 fully saturated rings. The summed E-state index contributed by atoms with van der Waals surface area (Å²) in [7, 11) is 4.36. The maximum absolute atomic E-state index is 12.8. The molecule has 0 unspecified atom stereocenters. The summed E-state index contributed by atoms with van der Waals surface area (Å²) in [5.41, 5.74) is 2.53. The SMILES string of the molecule is COC(=O)c1ccc(CCN(CC(OC)OC)C(=O)Nc2ccc(C#N)cc2)cc1. The number of benzene rings is 2. The van der Waals surface area contributed by atoms with Crippen LogP contribution in [-0.4, -0.2) is 57.6 Å². The number of carbonyl (C=O) groups is 2. The van der Waals surface area contributed by atoms with Crippen molar-refractivity contribution in [2.45, 2.75) is 12.7 Å². The van der Waals surface area contributed by atoms with Crippen molar-refractivity contribution in [3.05, 3.63) is 65.2 Å². The molecular formula is C22H25N3O5. The first-order valence-electron chi connectivity index (χ1n) is 9.29. The van der Waals surface area contributed by atoms with E-state index in [0.29, 0.717) is 29.8 Å². The summed E-state index contributed by atoms with van der Waals surface area (Å²) in [4.78, 5) is 26.0. The largest absolute Gasteiger partial charge is 0.465 e. The summed E-state index contributed by atoms with van der Waals surface area (Å²) in [5, 5.41) is 11.7. The number of methoxy groups -OCH3 is 3. The normalized spacial score (nSPS) is 10.4. The number of rotatable bonds is 9. The lowest BCUT2D eigenvalue weighted by molar-refractivity contribution is -0.110. The number of carbonyl (C=O) groups excluding carboxylic acids is 2. The molecule has 0 aliphatic heterocycles. The number of nitrogens with one attached hydrogen (secondary N) is 1. The van der Waals surface area contributed by atoms with E-state index in [0.717, 1.165) is 5.56 Å². The van der Waals surface area contributed by atoms with Crippen LogP contribution in [0.25, 0.3) is 0 Å². The van der Waals surface area contributed by atoms with Gasteiger partial charge in [-0.1, -0.05) is 12.1 Å². The first-order valence-corrected chi connectivity index (χ1v) is 9.29. The average molecular weight is 411 g/mol. The predicted molar refractivity (Wildman–Crippen MR) is 111 cm³/mol. The van der Waals surface area contributed by atoms with E-state index in [4.69, 9.17) is 19.5 Å². The summed E-state index contributed by atoms with van der Waals surface area (Å²) >= 11 is 0. The second-order valence-electron chi connectivity index (χ2n) is 6.40. The molecule has 158 valence electrons. The van der Waals surface area contributed by atoms with Gasteiger partial charge in [0.2, 0.25) is 0 Å². The number of anilines is 1. The molecule has 0 aromatic heterocycles. The molecule has 0 bridgehead atoms. The Balaban J connectivity index is 2.06. The molecule has 0 saturated carbocycles. The summed E-state index contributed by atoms with van der Waals surface area (Å²) in [6, 6.07) is 15.4. The minimum absolute atomic E-state index is 0.232. The van der Waals surface area contributed by atoms with Gasteiger partial charge >= 0.3 is 12.0 Å². The lowest BCUT2D eigenvalue weighted by Crippen LogP contribution is -2.42. The molecule has 8 nitrogen and oxygen atoms in total. The van der Waals surface area contributed by atoms with E-state index in [1.807, 2.05) is 18.2 Å². The van der Waals surface area contributed by atoms with Crippen molar-refractivity contribution in [2.75, 3.05) is 39.7 Å². The molecule has 2 rings (SSSR count). The average Bonchev–Trinajstić information content (AvgIpc) is 2.79. The van der Waals surface area contributed by atoms with Crippen molar-refractivity contribution in [3.63, 3.8) is 0 Å². The number of urea groups is 1. The summed E-state index contributed by atoms with van der Waals surface area (Å²) < 4.78 is 15.2. The number of hydrogen-bond donors (Lipinski definition) is 1. The molecule has 0 saturated heterocycles. The fourth-order valence-corrected chi connectivity index (χ4v) is 2.72. The molecule has 1 N–H and O–H groups in total. The van der Waals surface area contributed by atoms with Crippen LogP contribution >= 0.6 is 0 Å². The zero-order valence-corrected chi connectivity index (χ0v) is 17.3. The third-order valence-corrected chi connectivity index (χ3v) is 4.49. The van der Waals surface area contributed by atoms with E-state index in [-0.39, 0.29) is 12.6 Å². The van der Waals surface area contributed by atoms with Gasteiger partial charge in [-0.2, -0.15) is 5.26 Å². The Hall–Kier alpha value is -3.41. The van der Waals surface area contributed by atoms with Crippen LogP contribution in [0.15, 0.2) is 48.5 Å². The maximum atomic E-state index is 12.8. The Morgan fingerprint density at radius 2 is 1.67 bits per heavy atom. The van der Waals surface area contributed by atoms with E-state index < -0.39 is 12.3 Å². The van der Waals surface area contributed by atoms with Crippen LogP contribution in [-0.2, 0) is 20.6 Å². The van der Waals surface area contributed by atoms with Gasteiger partial charge in [-0.05, 0) is 48.4 Å². The van der Waals surface area contributed by atoms with Gasteiger partial charge in [-0.3, -0.25) is 0 Å². The second-order valence-corrected chi connectivity index (χ2v) is 6.40. The van der Waals surface area contributed by atoms with E-state index in [1.165, 1.54) is 21.3 Å². The Kier molecular flexibility index (Phi) is 8.81. The Labute approximate surface area is 176 Å². The van der Waals surface area contributed by atoms with Crippen LogP contribution in [0, 0.1) is 11.3 Å². The molecule has 0 radical (unpaired) electrons. The van der Waals surface area contributed by atoms with Crippen LogP contribution in [0.1, 0.15) is 21.5 Å². The molecule has 2 aromatic carbocycles. The zero-order chi connectivity index (χ0) is 21.9. The van der Waals surface area contributed by atoms with Gasteiger partial charge in [0, 0.05) is 26.5 Å². The molecule has 30 heavy (non-hydrogen) atoms. The van der Waals surface area contributed by atoms with E-state index in [1.54, 1.807) is 41.3 Å². The van der Waals surface area contributed by atoms with Crippen molar-refractivity contribution < 1.29 is 23.8 Å². The van der Waals surface area contributed by atoms with Gasteiger partial charge in [-0.15, -0.1) is 0 Å². The molecule has 8 heteroatoms. The highest BCUT2D eigenvalue weighted by Gasteiger charge is 2.19.